The van der Waals surface area contributed by atoms with Crippen LogP contribution < -0.4 is 9.47 Å². The molecule has 9 rings (SSSR count). The molecular weight excluding hydrogens is 709 g/mol. The van der Waals surface area contributed by atoms with Gasteiger partial charge in [-0.25, -0.2) is 0 Å². The van der Waals surface area contributed by atoms with Crippen LogP contribution in [0, 0.1) is 11.8 Å². The Morgan fingerprint density at radius 1 is 0.877 bits per heavy atom. The van der Waals surface area contributed by atoms with E-state index in [1.54, 1.807) is 6.07 Å². The molecule has 1 N–H and O–H groups in total. The van der Waals surface area contributed by atoms with Crippen LogP contribution in [0.4, 0.5) is 0 Å². The molecule has 57 heavy (non-hydrogen) atoms. The van der Waals surface area contributed by atoms with Gasteiger partial charge in [-0.3, -0.25) is 14.5 Å². The van der Waals surface area contributed by atoms with E-state index < -0.39 is 5.97 Å². The molecule has 1 saturated heterocycles. The minimum Gasteiger partial charge on any atom is -0.508 e. The van der Waals surface area contributed by atoms with Crippen molar-refractivity contribution in [1.29, 1.82) is 0 Å². The van der Waals surface area contributed by atoms with Crippen LogP contribution in [0.2, 0.25) is 0 Å². The number of phenolic OH excluding ortho intramolecular Hbond substituents is 1. The molecule has 1 amide bonds. The maximum atomic E-state index is 15.0. The zero-order chi connectivity index (χ0) is 38.9. The van der Waals surface area contributed by atoms with Crippen LogP contribution in [0.25, 0.3) is 0 Å². The van der Waals surface area contributed by atoms with E-state index in [1.165, 1.54) is 36.5 Å². The summed E-state index contributed by atoms with van der Waals surface area (Å²) in [5.74, 6) is 1.95. The molecule has 2 aliphatic heterocycles. The number of rotatable bonds is 16. The van der Waals surface area contributed by atoms with Crippen molar-refractivity contribution in [3.8, 4) is 17.2 Å². The molecule has 7 nitrogen and oxygen atoms in total. The average Bonchev–Trinajstić information content (AvgIpc) is 3.98. The summed E-state index contributed by atoms with van der Waals surface area (Å²) in [5, 5.41) is 11.7. The van der Waals surface area contributed by atoms with Gasteiger partial charge in [0.1, 0.15) is 11.9 Å². The fourth-order valence-corrected chi connectivity index (χ4v) is 11.4. The van der Waals surface area contributed by atoms with Crippen molar-refractivity contribution in [3.05, 3.63) is 125 Å². The van der Waals surface area contributed by atoms with Crippen molar-refractivity contribution in [1.82, 2.24) is 9.80 Å². The summed E-state index contributed by atoms with van der Waals surface area (Å²) in [6.45, 7) is 4.04. The standard InChI is InChI=1S/C50H58N2O5/c1-34(53)56-45-31-44(54)39-30-43-41-26-27-42(49-50(41,47(39)48(45)57-49)28-29-51(43)32-36-24-25-36)52(33-40(37-19-11-6-12-20-37)38-21-13-7-14-22-38)46(55)23-15-4-2-3-8-16-35-17-9-5-10-18-35/h5-7,9-14,17-22,31,36,40-43,49,54H,2-4,8,15-16,23-30,32-33H2,1H3/t41-,42-,43+,49-,50-/m0/s1. The number of likely N-dealkylation sites (tertiary alicyclic amines) is 1. The smallest absolute Gasteiger partial charge is 0.308 e. The van der Waals surface area contributed by atoms with E-state index >= 15 is 4.79 Å². The Balaban J connectivity index is 1.04. The topological polar surface area (TPSA) is 79.3 Å². The number of phenols is 1. The Morgan fingerprint density at radius 3 is 2.23 bits per heavy atom. The fraction of sp³-hybridized carbons (Fsp3) is 0.480. The molecule has 2 bridgehead atoms. The maximum absolute atomic E-state index is 15.0. The van der Waals surface area contributed by atoms with E-state index in [-0.39, 0.29) is 35.1 Å². The van der Waals surface area contributed by atoms with Crippen LogP contribution in [0.5, 0.6) is 17.2 Å². The Morgan fingerprint density at radius 2 is 1.54 bits per heavy atom. The highest BCUT2D eigenvalue weighted by atomic mass is 16.6. The van der Waals surface area contributed by atoms with Gasteiger partial charge in [0, 0.05) is 61.0 Å². The first-order valence-corrected chi connectivity index (χ1v) is 21.8. The molecule has 2 saturated carbocycles. The normalized spacial score (nSPS) is 24.5. The van der Waals surface area contributed by atoms with Crippen molar-refractivity contribution in [2.45, 2.75) is 120 Å². The number of carbonyl (C=O) groups is 2. The molecule has 7 heteroatoms. The summed E-state index contributed by atoms with van der Waals surface area (Å²) in [4.78, 5) is 32.4. The summed E-state index contributed by atoms with van der Waals surface area (Å²) < 4.78 is 13.0. The maximum Gasteiger partial charge on any atom is 0.308 e. The first kappa shape index (κ1) is 37.9. The third-order valence-electron chi connectivity index (χ3n) is 14.1. The van der Waals surface area contributed by atoms with E-state index in [2.05, 4.69) is 101 Å². The van der Waals surface area contributed by atoms with Crippen molar-refractivity contribution in [2.75, 3.05) is 19.6 Å². The summed E-state index contributed by atoms with van der Waals surface area (Å²) in [7, 11) is 0. The highest BCUT2D eigenvalue weighted by Gasteiger charge is 2.67. The van der Waals surface area contributed by atoms with Gasteiger partial charge in [-0.2, -0.15) is 0 Å². The molecule has 0 unspecified atom stereocenters. The fourth-order valence-electron chi connectivity index (χ4n) is 11.4. The number of aromatic hydroxyl groups is 1. The molecular formula is C50H58N2O5. The molecule has 3 fully saturated rings. The van der Waals surface area contributed by atoms with Crippen LogP contribution in [-0.4, -0.2) is 64.6 Å². The SMILES string of the molecule is CC(=O)Oc1cc(O)c2c3c1O[C@H]1[C@@H](N(CC(c4ccccc4)c4ccccc4)C(=O)CCCCCCCc4ccccc4)CC[C@H]4[C@@H](C2)N(CC2CC2)CC[C@@]341. The molecule has 4 aromatic carbocycles. The molecule has 2 heterocycles. The second kappa shape index (κ2) is 16.3. The van der Waals surface area contributed by atoms with Crippen LogP contribution in [0.15, 0.2) is 97.1 Å². The summed E-state index contributed by atoms with van der Waals surface area (Å²) >= 11 is 0. The lowest BCUT2D eigenvalue weighted by Gasteiger charge is -2.60. The van der Waals surface area contributed by atoms with Crippen LogP contribution in [0.1, 0.15) is 111 Å². The number of ether oxygens (including phenoxy) is 2. The van der Waals surface area contributed by atoms with Gasteiger partial charge in [0.25, 0.3) is 0 Å². The van der Waals surface area contributed by atoms with E-state index in [4.69, 9.17) is 9.47 Å². The first-order valence-electron chi connectivity index (χ1n) is 21.8. The lowest BCUT2D eigenvalue weighted by atomic mass is 9.50. The minimum atomic E-state index is -0.437. The molecule has 3 aliphatic carbocycles. The number of benzene rings is 4. The van der Waals surface area contributed by atoms with E-state index in [0.29, 0.717) is 36.4 Å². The Hall–Kier alpha value is -4.62. The van der Waals surface area contributed by atoms with Gasteiger partial charge >= 0.3 is 5.97 Å². The lowest BCUT2D eigenvalue weighted by Crippen LogP contribution is -2.69. The largest absolute Gasteiger partial charge is 0.508 e. The Labute approximate surface area is 338 Å². The Bertz CT molecular complexity index is 1990. The van der Waals surface area contributed by atoms with Gasteiger partial charge in [-0.1, -0.05) is 110 Å². The number of aryl methyl sites for hydroxylation is 1. The van der Waals surface area contributed by atoms with Gasteiger partial charge in [0.05, 0.1) is 6.04 Å². The van der Waals surface area contributed by atoms with Gasteiger partial charge < -0.3 is 19.5 Å². The quantitative estimate of drug-likeness (QED) is 0.0696. The van der Waals surface area contributed by atoms with Gasteiger partial charge in [-0.05, 0) is 92.9 Å². The molecule has 298 valence electrons. The third kappa shape index (κ3) is 7.48. The highest BCUT2D eigenvalue weighted by molar-refractivity contribution is 5.77. The van der Waals surface area contributed by atoms with Crippen LogP contribution in [-0.2, 0) is 27.8 Å². The summed E-state index contributed by atoms with van der Waals surface area (Å²) in [6.07, 6.45) is 12.8. The number of nitrogens with zero attached hydrogens (tertiary/aromatic N) is 2. The predicted molar refractivity (Wildman–Crippen MR) is 223 cm³/mol. The molecule has 1 spiro atoms. The number of amides is 1. The molecule has 0 aromatic heterocycles. The second-order valence-corrected chi connectivity index (χ2v) is 17.6. The van der Waals surface area contributed by atoms with E-state index in [1.807, 2.05) is 0 Å². The van der Waals surface area contributed by atoms with Crippen molar-refractivity contribution in [2.24, 2.45) is 11.8 Å². The molecule has 5 atom stereocenters. The third-order valence-corrected chi connectivity index (χ3v) is 14.1. The first-order chi connectivity index (χ1) is 27.9. The predicted octanol–water partition coefficient (Wildman–Crippen LogP) is 9.38. The number of carbonyl (C=O) groups excluding carboxylic acids is 2. The monoisotopic (exact) mass is 766 g/mol. The number of unbranched alkanes of at least 4 members (excludes halogenated alkanes) is 4. The molecule has 4 aromatic rings. The van der Waals surface area contributed by atoms with E-state index in [0.717, 1.165) is 94.3 Å². The van der Waals surface area contributed by atoms with Crippen molar-refractivity contribution >= 4 is 11.9 Å². The number of hydrogen-bond acceptors (Lipinski definition) is 6. The van der Waals surface area contributed by atoms with Crippen molar-refractivity contribution < 1.29 is 24.2 Å². The number of hydrogen-bond donors (Lipinski definition) is 1. The van der Waals surface area contributed by atoms with Gasteiger partial charge in [0.2, 0.25) is 5.91 Å². The summed E-state index contributed by atoms with van der Waals surface area (Å²) in [5.41, 5.74) is 5.39. The van der Waals surface area contributed by atoms with Crippen molar-refractivity contribution in [3.63, 3.8) is 0 Å². The molecule has 5 aliphatic rings. The lowest BCUT2D eigenvalue weighted by molar-refractivity contribution is -0.143. The second-order valence-electron chi connectivity index (χ2n) is 17.6. The highest BCUT2D eigenvalue weighted by Crippen LogP contribution is 2.66. The molecule has 0 radical (unpaired) electrons. The zero-order valence-corrected chi connectivity index (χ0v) is 33.5. The number of esters is 1. The zero-order valence-electron chi connectivity index (χ0n) is 33.5. The van der Waals surface area contributed by atoms with Crippen LogP contribution >= 0.6 is 0 Å². The Kier molecular flexibility index (Phi) is 10.9. The van der Waals surface area contributed by atoms with Gasteiger partial charge in [-0.15, -0.1) is 0 Å². The minimum absolute atomic E-state index is 0.0101. The van der Waals surface area contributed by atoms with Crippen LogP contribution in [0.3, 0.4) is 0 Å². The number of piperidine rings is 1. The van der Waals surface area contributed by atoms with E-state index in [9.17, 15) is 9.90 Å². The average molecular weight is 767 g/mol. The summed E-state index contributed by atoms with van der Waals surface area (Å²) in [6, 6.07) is 33.7. The van der Waals surface area contributed by atoms with Gasteiger partial charge in [0.15, 0.2) is 11.5 Å².